The zero-order valence-corrected chi connectivity index (χ0v) is 22.3. The van der Waals surface area contributed by atoms with Gasteiger partial charge in [-0.25, -0.2) is 19.7 Å². The predicted molar refractivity (Wildman–Crippen MR) is 146 cm³/mol. The van der Waals surface area contributed by atoms with Crippen LogP contribution in [0, 0.1) is 0 Å². The van der Waals surface area contributed by atoms with E-state index in [1.54, 1.807) is 4.72 Å². The number of carbonyl (C=O) groups is 1. The van der Waals surface area contributed by atoms with Gasteiger partial charge in [-0.2, -0.15) is 13.1 Å². The smallest absolute Gasteiger partial charge is 0.301 e. The van der Waals surface area contributed by atoms with Gasteiger partial charge in [0.2, 0.25) is 0 Å². The van der Waals surface area contributed by atoms with E-state index < -0.39 is 47.2 Å². The van der Waals surface area contributed by atoms with Crippen LogP contribution in [-0.2, 0) is 14.9 Å². The number of hydrogen-bond acceptors (Lipinski definition) is 11. The molecular formula is C26H27N7O7S. The minimum atomic E-state index is -4.41. The molecule has 41 heavy (non-hydrogen) atoms. The maximum atomic E-state index is 12.5. The van der Waals surface area contributed by atoms with Gasteiger partial charge in [0.15, 0.2) is 29.0 Å². The Hall–Kier alpha value is -4.15. The number of benzene rings is 2. The molecular weight excluding hydrogens is 554 g/mol. The van der Waals surface area contributed by atoms with E-state index in [0.29, 0.717) is 22.8 Å². The lowest BCUT2D eigenvalue weighted by atomic mass is 10.1. The average molecular weight is 582 g/mol. The third-order valence-corrected chi connectivity index (χ3v) is 7.83. The molecule has 3 heterocycles. The molecule has 4 atom stereocenters. The van der Waals surface area contributed by atoms with Crippen molar-refractivity contribution in [1.82, 2.24) is 29.0 Å². The summed E-state index contributed by atoms with van der Waals surface area (Å²) in [7, 11) is -4.41. The number of nitrogens with one attached hydrogen (secondary N) is 3. The first-order chi connectivity index (χ1) is 19.7. The van der Waals surface area contributed by atoms with Gasteiger partial charge in [-0.3, -0.25) is 9.36 Å². The molecule has 1 amide bonds. The molecule has 2 fully saturated rings. The Labute approximate surface area is 234 Å². The van der Waals surface area contributed by atoms with Crippen LogP contribution in [-0.4, -0.2) is 80.1 Å². The molecule has 4 aromatic rings. The van der Waals surface area contributed by atoms with Crippen molar-refractivity contribution in [3.63, 3.8) is 0 Å². The fourth-order valence-corrected chi connectivity index (χ4v) is 5.35. The van der Waals surface area contributed by atoms with Crippen LogP contribution < -0.4 is 14.8 Å². The first-order valence-electron chi connectivity index (χ1n) is 12.9. The minimum Gasteiger partial charge on any atom is -0.507 e. The Morgan fingerprint density at radius 1 is 1.02 bits per heavy atom. The van der Waals surface area contributed by atoms with Crippen LogP contribution in [0.15, 0.2) is 60.9 Å². The maximum Gasteiger partial charge on any atom is 0.301 e. The van der Waals surface area contributed by atoms with Gasteiger partial charge in [0, 0.05) is 18.2 Å². The summed E-state index contributed by atoms with van der Waals surface area (Å²) in [6.07, 6.45) is -1.81. The number of rotatable bonds is 9. The van der Waals surface area contributed by atoms with Crippen molar-refractivity contribution in [3.8, 4) is 17.1 Å². The number of carbonyl (C=O) groups excluding carboxylic acids is 1. The quantitative estimate of drug-likeness (QED) is 0.162. The van der Waals surface area contributed by atoms with Crippen LogP contribution in [0.25, 0.3) is 22.6 Å². The van der Waals surface area contributed by atoms with Gasteiger partial charge in [0.05, 0.1) is 11.9 Å². The minimum absolute atomic E-state index is 0.232. The summed E-state index contributed by atoms with van der Waals surface area (Å²) in [5.74, 6) is -0.466. The number of anilines is 1. The Morgan fingerprint density at radius 2 is 1.76 bits per heavy atom. The number of fused-ring (bicyclic) bond motifs is 1. The zero-order chi connectivity index (χ0) is 28.7. The van der Waals surface area contributed by atoms with Crippen LogP contribution in [0.5, 0.6) is 5.75 Å². The Kier molecular flexibility index (Phi) is 7.04. The summed E-state index contributed by atoms with van der Waals surface area (Å²) >= 11 is 0. The second kappa shape index (κ2) is 10.7. The highest BCUT2D eigenvalue weighted by molar-refractivity contribution is 7.88. The van der Waals surface area contributed by atoms with Crippen molar-refractivity contribution < 1.29 is 33.3 Å². The van der Waals surface area contributed by atoms with Crippen molar-refractivity contribution in [2.45, 2.75) is 43.4 Å². The molecule has 6 rings (SSSR count). The number of aromatic nitrogens is 4. The van der Waals surface area contributed by atoms with Crippen molar-refractivity contribution in [2.24, 2.45) is 0 Å². The Morgan fingerprint density at radius 3 is 2.49 bits per heavy atom. The SMILES string of the molecule is O=C(NS(=O)(=O)NC[C@H]1O[C@@H](n2cnc3c(NC4CC4)nc(-c4ccccc4)nc32)[C@H](O)[C@@H]1O)c1ccccc1O. The summed E-state index contributed by atoms with van der Waals surface area (Å²) in [6, 6.07) is 15.1. The number of aliphatic hydroxyl groups excluding tert-OH is 2. The Bertz CT molecular complexity index is 1700. The summed E-state index contributed by atoms with van der Waals surface area (Å²) in [5.41, 5.74) is 1.35. The molecule has 2 aliphatic rings. The molecule has 0 unspecified atom stereocenters. The lowest BCUT2D eigenvalue weighted by Gasteiger charge is -2.17. The maximum absolute atomic E-state index is 12.5. The van der Waals surface area contributed by atoms with Crippen LogP contribution in [0.3, 0.4) is 0 Å². The fourth-order valence-electron chi connectivity index (χ4n) is 4.54. The van der Waals surface area contributed by atoms with E-state index in [2.05, 4.69) is 25.0 Å². The summed E-state index contributed by atoms with van der Waals surface area (Å²) < 4.78 is 36.3. The molecule has 2 aromatic heterocycles. The number of nitrogens with zero attached hydrogens (tertiary/aromatic N) is 4. The highest BCUT2D eigenvalue weighted by Gasteiger charge is 2.45. The van der Waals surface area contributed by atoms with Crippen LogP contribution >= 0.6 is 0 Å². The summed E-state index contributed by atoms with van der Waals surface area (Å²) in [6.45, 7) is -0.469. The molecule has 1 aliphatic heterocycles. The van der Waals surface area contributed by atoms with Crippen molar-refractivity contribution in [1.29, 1.82) is 0 Å². The van der Waals surface area contributed by atoms with Crippen molar-refractivity contribution >= 4 is 33.1 Å². The van der Waals surface area contributed by atoms with E-state index in [1.807, 2.05) is 30.3 Å². The molecule has 214 valence electrons. The molecule has 0 bridgehead atoms. The predicted octanol–water partition coefficient (Wildman–Crippen LogP) is 0.657. The summed E-state index contributed by atoms with van der Waals surface area (Å²) in [5, 5.41) is 34.7. The number of para-hydroxylation sites is 1. The number of phenols is 1. The number of aliphatic hydroxyl groups is 2. The lowest BCUT2D eigenvalue weighted by molar-refractivity contribution is -0.0330. The van der Waals surface area contributed by atoms with Crippen LogP contribution in [0.4, 0.5) is 5.82 Å². The van der Waals surface area contributed by atoms with E-state index in [4.69, 9.17) is 4.74 Å². The van der Waals surface area contributed by atoms with Crippen LogP contribution in [0.2, 0.25) is 0 Å². The Balaban J connectivity index is 1.22. The first-order valence-corrected chi connectivity index (χ1v) is 14.4. The summed E-state index contributed by atoms with van der Waals surface area (Å²) in [4.78, 5) is 26.1. The molecule has 14 nitrogen and oxygen atoms in total. The van der Waals surface area contributed by atoms with Gasteiger partial charge >= 0.3 is 10.2 Å². The second-order valence-corrected chi connectivity index (χ2v) is 11.4. The average Bonchev–Trinajstić information content (AvgIpc) is 3.60. The number of aromatic hydroxyl groups is 1. The molecule has 1 saturated heterocycles. The molecule has 1 saturated carbocycles. The van der Waals surface area contributed by atoms with Gasteiger partial charge < -0.3 is 25.4 Å². The number of ether oxygens (including phenoxy) is 1. The van der Waals surface area contributed by atoms with Crippen LogP contribution in [0.1, 0.15) is 29.4 Å². The second-order valence-electron chi connectivity index (χ2n) is 9.85. The third kappa shape index (κ3) is 5.57. The van der Waals surface area contributed by atoms with E-state index in [0.717, 1.165) is 18.4 Å². The standard InChI is InChI=1S/C26H27N7O7S/c34-17-9-5-4-8-16(17)25(37)32-41(38,39)28-12-18-20(35)21(36)26(40-18)33-13-27-19-23(29-15-10-11-15)30-22(31-24(19)33)14-6-2-1-3-7-14/h1-9,13,15,18,20-21,26,28,34-36H,10-12H2,(H,32,37)(H,29,30,31)/t18-,20-,21-,26-/m1/s1. The molecule has 1 aliphatic carbocycles. The number of phenolic OH excluding ortho intramolecular Hbond substituents is 1. The van der Waals surface area contributed by atoms with E-state index in [1.165, 1.54) is 35.2 Å². The highest BCUT2D eigenvalue weighted by atomic mass is 32.2. The van der Waals surface area contributed by atoms with Gasteiger partial charge in [0.25, 0.3) is 5.91 Å². The molecule has 6 N–H and O–H groups in total. The van der Waals surface area contributed by atoms with Crippen molar-refractivity contribution in [3.05, 3.63) is 66.5 Å². The number of imidazole rings is 1. The topological polar surface area (TPSA) is 201 Å². The third-order valence-electron chi connectivity index (χ3n) is 6.83. The molecule has 0 radical (unpaired) electrons. The van der Waals surface area contributed by atoms with Gasteiger partial charge in [-0.15, -0.1) is 0 Å². The number of amides is 1. The van der Waals surface area contributed by atoms with E-state index in [9.17, 15) is 28.5 Å². The largest absolute Gasteiger partial charge is 0.507 e. The lowest BCUT2D eigenvalue weighted by Crippen LogP contribution is -2.45. The van der Waals surface area contributed by atoms with E-state index >= 15 is 0 Å². The monoisotopic (exact) mass is 581 g/mol. The van der Waals surface area contributed by atoms with Gasteiger partial charge in [-0.1, -0.05) is 42.5 Å². The van der Waals surface area contributed by atoms with Gasteiger partial charge in [-0.05, 0) is 25.0 Å². The molecule has 0 spiro atoms. The normalized spacial score (nSPS) is 22.6. The molecule has 2 aromatic carbocycles. The first kappa shape index (κ1) is 27.0. The fraction of sp³-hybridized carbons (Fsp3) is 0.308. The van der Waals surface area contributed by atoms with E-state index in [-0.39, 0.29) is 17.4 Å². The van der Waals surface area contributed by atoms with Gasteiger partial charge in [0.1, 0.15) is 24.1 Å². The number of hydrogen-bond donors (Lipinski definition) is 6. The molecule has 15 heteroatoms. The van der Waals surface area contributed by atoms with Crippen molar-refractivity contribution in [2.75, 3.05) is 11.9 Å². The highest BCUT2D eigenvalue weighted by Crippen LogP contribution is 2.34. The zero-order valence-electron chi connectivity index (χ0n) is 21.5.